The van der Waals surface area contributed by atoms with Gasteiger partial charge in [0.15, 0.2) is 0 Å². The van der Waals surface area contributed by atoms with Gasteiger partial charge < -0.3 is 9.64 Å². The van der Waals surface area contributed by atoms with Gasteiger partial charge in [-0.2, -0.15) is 15.3 Å². The van der Waals surface area contributed by atoms with Crippen LogP contribution in [0.5, 0.6) is 0 Å². The van der Waals surface area contributed by atoms with Crippen molar-refractivity contribution in [3.05, 3.63) is 41.0 Å². The van der Waals surface area contributed by atoms with Crippen molar-refractivity contribution in [2.45, 2.75) is 19.6 Å². The molecule has 3 rings (SSSR count). The minimum atomic E-state index is -0.0231. The number of methoxy groups -OCH3 is 1. The van der Waals surface area contributed by atoms with E-state index in [9.17, 15) is 4.79 Å². The largest absolute Gasteiger partial charge is 0.378 e. The highest BCUT2D eigenvalue weighted by Crippen LogP contribution is 2.23. The highest BCUT2D eigenvalue weighted by molar-refractivity contribution is 5.93. The number of hydrogen-bond donors (Lipinski definition) is 0. The summed E-state index contributed by atoms with van der Waals surface area (Å²) in [6.07, 6.45) is 3.83. The number of ether oxygens (including phenoxy) is 1. The van der Waals surface area contributed by atoms with Gasteiger partial charge in [0.1, 0.15) is 0 Å². The molecular weight excluding hydrogens is 270 g/mol. The minimum Gasteiger partial charge on any atom is -0.378 e. The number of carbonyl (C=O) groups is 1. The Hall–Kier alpha value is -2.28. The molecule has 0 bridgehead atoms. The molecule has 0 fully saturated rings. The summed E-state index contributed by atoms with van der Waals surface area (Å²) in [5.74, 6) is -0.0231. The lowest BCUT2D eigenvalue weighted by molar-refractivity contribution is 0.0729. The van der Waals surface area contributed by atoms with Crippen molar-refractivity contribution in [1.29, 1.82) is 0 Å². The van der Waals surface area contributed by atoms with Gasteiger partial charge in [-0.05, 0) is 12.5 Å². The Balaban J connectivity index is 1.83. The Bertz CT molecular complexity index is 653. The summed E-state index contributed by atoms with van der Waals surface area (Å²) in [6, 6.07) is 1.68. The average Bonchev–Trinajstić information content (AvgIpc) is 2.84. The fourth-order valence-corrected chi connectivity index (χ4v) is 2.68. The Kier molecular flexibility index (Phi) is 3.66. The van der Waals surface area contributed by atoms with E-state index in [0.29, 0.717) is 25.3 Å². The van der Waals surface area contributed by atoms with E-state index in [1.54, 1.807) is 13.2 Å². The Labute approximate surface area is 122 Å². The van der Waals surface area contributed by atoms with Gasteiger partial charge in [-0.1, -0.05) is 0 Å². The Morgan fingerprint density at radius 2 is 2.29 bits per heavy atom. The molecule has 0 N–H and O–H groups in total. The van der Waals surface area contributed by atoms with E-state index in [0.717, 1.165) is 17.8 Å². The number of aryl methyl sites for hydroxylation is 1. The first-order valence-corrected chi connectivity index (χ1v) is 6.79. The van der Waals surface area contributed by atoms with Gasteiger partial charge in [0.25, 0.3) is 5.91 Å². The fraction of sp³-hybridized carbons (Fsp3) is 0.429. The van der Waals surface area contributed by atoms with Crippen molar-refractivity contribution in [2.75, 3.05) is 13.7 Å². The maximum Gasteiger partial charge on any atom is 0.255 e. The molecule has 0 aromatic carbocycles. The molecule has 2 aromatic rings. The van der Waals surface area contributed by atoms with Crippen molar-refractivity contribution in [2.24, 2.45) is 7.05 Å². The second kappa shape index (κ2) is 5.61. The van der Waals surface area contributed by atoms with Crippen LogP contribution in [0.15, 0.2) is 18.5 Å². The van der Waals surface area contributed by atoms with Gasteiger partial charge in [-0.3, -0.25) is 9.48 Å². The van der Waals surface area contributed by atoms with Crippen LogP contribution in [0.3, 0.4) is 0 Å². The molecular formula is C14H17N5O2. The highest BCUT2D eigenvalue weighted by atomic mass is 16.5. The maximum atomic E-state index is 12.5. The van der Waals surface area contributed by atoms with Crippen LogP contribution in [-0.4, -0.2) is 44.4 Å². The topological polar surface area (TPSA) is 73.1 Å². The summed E-state index contributed by atoms with van der Waals surface area (Å²) < 4.78 is 7.02. The van der Waals surface area contributed by atoms with E-state index in [4.69, 9.17) is 4.74 Å². The van der Waals surface area contributed by atoms with Crippen LogP contribution in [0, 0.1) is 0 Å². The van der Waals surface area contributed by atoms with E-state index in [1.165, 1.54) is 18.0 Å². The summed E-state index contributed by atoms with van der Waals surface area (Å²) in [6.45, 7) is 1.74. The minimum absolute atomic E-state index is 0.0231. The van der Waals surface area contributed by atoms with Gasteiger partial charge in [0, 0.05) is 26.3 Å². The van der Waals surface area contributed by atoms with E-state index in [-0.39, 0.29) is 5.91 Å². The average molecular weight is 287 g/mol. The molecule has 0 radical (unpaired) electrons. The molecule has 3 heterocycles. The van der Waals surface area contributed by atoms with E-state index in [2.05, 4.69) is 15.3 Å². The number of nitrogens with zero attached hydrogens (tertiary/aromatic N) is 5. The van der Waals surface area contributed by atoms with E-state index < -0.39 is 0 Å². The zero-order valence-electron chi connectivity index (χ0n) is 12.1. The molecule has 0 aliphatic carbocycles. The van der Waals surface area contributed by atoms with Gasteiger partial charge in [-0.25, -0.2) is 0 Å². The smallest absolute Gasteiger partial charge is 0.255 e. The van der Waals surface area contributed by atoms with Crippen LogP contribution >= 0.6 is 0 Å². The highest BCUT2D eigenvalue weighted by Gasteiger charge is 2.27. The quantitative estimate of drug-likeness (QED) is 0.824. The van der Waals surface area contributed by atoms with Gasteiger partial charge in [-0.15, -0.1) is 0 Å². The molecule has 0 saturated carbocycles. The zero-order valence-corrected chi connectivity index (χ0v) is 12.1. The van der Waals surface area contributed by atoms with Crippen molar-refractivity contribution < 1.29 is 9.53 Å². The summed E-state index contributed by atoms with van der Waals surface area (Å²) in [4.78, 5) is 14.3. The van der Waals surface area contributed by atoms with Crippen LogP contribution in [0.2, 0.25) is 0 Å². The molecule has 1 aliphatic heterocycles. The molecule has 2 aromatic heterocycles. The normalized spacial score (nSPS) is 14.1. The van der Waals surface area contributed by atoms with Crippen LogP contribution < -0.4 is 0 Å². The van der Waals surface area contributed by atoms with Crippen LogP contribution in [0.1, 0.15) is 27.3 Å². The first kappa shape index (κ1) is 13.7. The number of aromatic nitrogens is 4. The summed E-state index contributed by atoms with van der Waals surface area (Å²) >= 11 is 0. The molecule has 1 aliphatic rings. The van der Waals surface area contributed by atoms with Crippen molar-refractivity contribution in [1.82, 2.24) is 24.9 Å². The summed E-state index contributed by atoms with van der Waals surface area (Å²) in [7, 11) is 3.57. The lowest BCUT2D eigenvalue weighted by atomic mass is 10.0. The lowest BCUT2D eigenvalue weighted by Gasteiger charge is -2.27. The molecule has 0 atom stereocenters. The van der Waals surface area contributed by atoms with E-state index >= 15 is 0 Å². The molecule has 0 saturated heterocycles. The monoisotopic (exact) mass is 287 g/mol. The van der Waals surface area contributed by atoms with E-state index in [1.807, 2.05) is 16.6 Å². The number of rotatable bonds is 3. The van der Waals surface area contributed by atoms with Gasteiger partial charge in [0.05, 0.1) is 42.5 Å². The predicted octanol–water partition coefficient (Wildman–Crippen LogP) is 0.555. The fourth-order valence-electron chi connectivity index (χ4n) is 2.68. The molecule has 7 nitrogen and oxygen atoms in total. The van der Waals surface area contributed by atoms with Crippen molar-refractivity contribution in [3.63, 3.8) is 0 Å². The van der Waals surface area contributed by atoms with Crippen LogP contribution in [0.25, 0.3) is 0 Å². The third kappa shape index (κ3) is 2.52. The predicted molar refractivity (Wildman–Crippen MR) is 74.4 cm³/mol. The van der Waals surface area contributed by atoms with Crippen LogP contribution in [-0.2, 0) is 31.4 Å². The summed E-state index contributed by atoms with van der Waals surface area (Å²) in [5.41, 5.74) is 3.81. The SMILES string of the molecule is COCc1nn(C)c2c1CCN(C(=O)c1ccnnc1)C2. The Morgan fingerprint density at radius 3 is 3.00 bits per heavy atom. The third-order valence-corrected chi connectivity index (χ3v) is 3.73. The molecule has 110 valence electrons. The number of fused-ring (bicyclic) bond motifs is 1. The van der Waals surface area contributed by atoms with Crippen molar-refractivity contribution >= 4 is 5.91 Å². The molecule has 7 heteroatoms. The lowest BCUT2D eigenvalue weighted by Crippen LogP contribution is -2.36. The van der Waals surface area contributed by atoms with Crippen LogP contribution in [0.4, 0.5) is 0 Å². The number of hydrogen-bond acceptors (Lipinski definition) is 5. The standard InChI is InChI=1S/C14H17N5O2/c1-18-13-8-19(14(20)10-3-5-15-16-7-10)6-4-11(13)12(17-18)9-21-2/h3,5,7H,4,6,8-9H2,1-2H3. The molecule has 0 unspecified atom stereocenters. The first-order chi connectivity index (χ1) is 10.2. The third-order valence-electron chi connectivity index (χ3n) is 3.73. The second-order valence-electron chi connectivity index (χ2n) is 5.04. The Morgan fingerprint density at radius 1 is 1.43 bits per heavy atom. The van der Waals surface area contributed by atoms with Gasteiger partial charge >= 0.3 is 0 Å². The number of carbonyl (C=O) groups excluding carboxylic acids is 1. The number of amides is 1. The molecule has 1 amide bonds. The second-order valence-corrected chi connectivity index (χ2v) is 5.04. The first-order valence-electron chi connectivity index (χ1n) is 6.79. The maximum absolute atomic E-state index is 12.5. The molecule has 0 spiro atoms. The van der Waals surface area contributed by atoms with Crippen molar-refractivity contribution in [3.8, 4) is 0 Å². The molecule has 21 heavy (non-hydrogen) atoms. The zero-order chi connectivity index (χ0) is 14.8. The van der Waals surface area contributed by atoms with Gasteiger partial charge in [0.2, 0.25) is 0 Å². The summed E-state index contributed by atoms with van der Waals surface area (Å²) in [5, 5.41) is 11.9.